The number of imide groups is 1. The van der Waals surface area contributed by atoms with Crippen molar-refractivity contribution < 1.29 is 9.59 Å². The Morgan fingerprint density at radius 3 is 2.56 bits per heavy atom. The van der Waals surface area contributed by atoms with Crippen LogP contribution in [0.2, 0.25) is 0 Å². The third-order valence-corrected chi connectivity index (χ3v) is 3.15. The van der Waals surface area contributed by atoms with E-state index in [0.717, 1.165) is 18.4 Å². The average Bonchev–Trinajstić information content (AvgIpc) is 3.23. The first-order valence-electron chi connectivity index (χ1n) is 6.33. The van der Waals surface area contributed by atoms with Crippen molar-refractivity contribution in [3.63, 3.8) is 0 Å². The Balaban J connectivity index is 2.38. The van der Waals surface area contributed by atoms with Gasteiger partial charge in [-0.15, -0.1) is 0 Å². The van der Waals surface area contributed by atoms with E-state index in [9.17, 15) is 9.59 Å². The zero-order chi connectivity index (χ0) is 13.1. The van der Waals surface area contributed by atoms with Crippen molar-refractivity contribution in [2.45, 2.75) is 32.7 Å². The van der Waals surface area contributed by atoms with Crippen molar-refractivity contribution in [3.8, 4) is 0 Å². The van der Waals surface area contributed by atoms with E-state index in [2.05, 4.69) is 0 Å². The molecule has 0 heterocycles. The van der Waals surface area contributed by atoms with Crippen LogP contribution in [0.15, 0.2) is 24.3 Å². The lowest BCUT2D eigenvalue weighted by atomic mass is 10.1. The van der Waals surface area contributed by atoms with Crippen molar-refractivity contribution in [3.05, 3.63) is 29.8 Å². The van der Waals surface area contributed by atoms with Crippen molar-refractivity contribution in [1.29, 1.82) is 0 Å². The number of amides is 2. The fourth-order valence-electron chi connectivity index (χ4n) is 1.95. The minimum absolute atomic E-state index is 0.0198. The summed E-state index contributed by atoms with van der Waals surface area (Å²) in [6.07, 6.45) is 2.09. The Bertz CT molecular complexity index is 467. The van der Waals surface area contributed by atoms with Crippen LogP contribution in [0.3, 0.4) is 0 Å². The second-order valence-corrected chi connectivity index (χ2v) is 4.53. The summed E-state index contributed by atoms with van der Waals surface area (Å²) in [4.78, 5) is 25.6. The van der Waals surface area contributed by atoms with Crippen LogP contribution in [0, 0.1) is 5.92 Å². The molecule has 4 nitrogen and oxygen atoms in total. The SMILES string of the molecule is CCC(=O)N(C(=O)C1CC1)c1ccccc1CN. The van der Waals surface area contributed by atoms with Gasteiger partial charge in [-0.25, -0.2) is 0 Å². The van der Waals surface area contributed by atoms with Gasteiger partial charge in [0.2, 0.25) is 11.8 Å². The maximum Gasteiger partial charge on any atom is 0.236 e. The summed E-state index contributed by atoms with van der Waals surface area (Å²) in [6, 6.07) is 7.33. The van der Waals surface area contributed by atoms with Crippen molar-refractivity contribution in [2.75, 3.05) is 4.90 Å². The molecular weight excluding hydrogens is 228 g/mol. The van der Waals surface area contributed by atoms with Crippen LogP contribution in [0.1, 0.15) is 31.7 Å². The number of anilines is 1. The summed E-state index contributed by atoms with van der Waals surface area (Å²) < 4.78 is 0. The molecule has 1 saturated carbocycles. The maximum absolute atomic E-state index is 12.2. The van der Waals surface area contributed by atoms with E-state index < -0.39 is 0 Å². The Labute approximate surface area is 107 Å². The number of hydrogen-bond donors (Lipinski definition) is 1. The van der Waals surface area contributed by atoms with Gasteiger partial charge in [-0.05, 0) is 24.5 Å². The summed E-state index contributed by atoms with van der Waals surface area (Å²) in [5.41, 5.74) is 7.14. The number of nitrogens with zero attached hydrogens (tertiary/aromatic N) is 1. The molecule has 4 heteroatoms. The van der Waals surface area contributed by atoms with Gasteiger partial charge in [-0.1, -0.05) is 25.1 Å². The largest absolute Gasteiger partial charge is 0.326 e. The lowest BCUT2D eigenvalue weighted by Crippen LogP contribution is -2.38. The maximum atomic E-state index is 12.2. The molecule has 1 fully saturated rings. The molecular formula is C14H18N2O2. The highest BCUT2D eigenvalue weighted by molar-refractivity contribution is 6.16. The molecule has 0 spiro atoms. The highest BCUT2D eigenvalue weighted by Crippen LogP contribution is 2.34. The molecule has 0 aliphatic heterocycles. The predicted molar refractivity (Wildman–Crippen MR) is 69.8 cm³/mol. The van der Waals surface area contributed by atoms with Crippen molar-refractivity contribution in [2.24, 2.45) is 11.7 Å². The Kier molecular flexibility index (Phi) is 3.77. The van der Waals surface area contributed by atoms with E-state index in [0.29, 0.717) is 18.7 Å². The van der Waals surface area contributed by atoms with Crippen LogP contribution in [0.25, 0.3) is 0 Å². The summed E-state index contributed by atoms with van der Waals surface area (Å²) in [6.45, 7) is 2.09. The van der Waals surface area contributed by atoms with Crippen LogP contribution in [0.5, 0.6) is 0 Å². The van der Waals surface area contributed by atoms with Gasteiger partial charge in [0, 0.05) is 18.9 Å². The quantitative estimate of drug-likeness (QED) is 0.881. The topological polar surface area (TPSA) is 63.4 Å². The molecule has 0 atom stereocenters. The molecule has 2 amide bonds. The van der Waals surface area contributed by atoms with Crippen LogP contribution >= 0.6 is 0 Å². The van der Waals surface area contributed by atoms with E-state index in [-0.39, 0.29) is 17.7 Å². The number of para-hydroxylation sites is 1. The second kappa shape index (κ2) is 5.31. The van der Waals surface area contributed by atoms with Gasteiger partial charge < -0.3 is 5.73 Å². The molecule has 1 aliphatic rings. The molecule has 2 rings (SSSR count). The monoisotopic (exact) mass is 246 g/mol. The molecule has 0 unspecified atom stereocenters. The summed E-state index contributed by atoms with van der Waals surface area (Å²) >= 11 is 0. The number of benzene rings is 1. The number of nitrogens with two attached hydrogens (primary N) is 1. The first-order valence-corrected chi connectivity index (χ1v) is 6.33. The molecule has 2 N–H and O–H groups in total. The zero-order valence-electron chi connectivity index (χ0n) is 10.6. The molecule has 18 heavy (non-hydrogen) atoms. The minimum Gasteiger partial charge on any atom is -0.326 e. The lowest BCUT2D eigenvalue weighted by molar-refractivity contribution is -0.127. The Morgan fingerprint density at radius 2 is 2.00 bits per heavy atom. The van der Waals surface area contributed by atoms with Crippen molar-refractivity contribution >= 4 is 17.5 Å². The van der Waals surface area contributed by atoms with Crippen LogP contribution in [0.4, 0.5) is 5.69 Å². The standard InChI is InChI=1S/C14H18N2O2/c1-2-13(17)16(14(18)10-7-8-10)12-6-4-3-5-11(12)9-15/h3-6,10H,2,7-9,15H2,1H3. The summed E-state index contributed by atoms with van der Waals surface area (Å²) in [7, 11) is 0. The molecule has 96 valence electrons. The van der Waals surface area contributed by atoms with Crippen molar-refractivity contribution in [1.82, 2.24) is 0 Å². The molecule has 1 aromatic rings. The average molecular weight is 246 g/mol. The Hall–Kier alpha value is -1.68. The summed E-state index contributed by atoms with van der Waals surface area (Å²) in [5.74, 6) is -0.220. The van der Waals surface area contributed by atoms with E-state index in [1.807, 2.05) is 18.2 Å². The van der Waals surface area contributed by atoms with Gasteiger partial charge in [0.15, 0.2) is 0 Å². The van der Waals surface area contributed by atoms with E-state index in [1.165, 1.54) is 4.90 Å². The third-order valence-electron chi connectivity index (χ3n) is 3.15. The van der Waals surface area contributed by atoms with Gasteiger partial charge in [0.1, 0.15) is 0 Å². The fourth-order valence-corrected chi connectivity index (χ4v) is 1.95. The normalized spacial score (nSPS) is 14.3. The summed E-state index contributed by atoms with van der Waals surface area (Å²) in [5, 5.41) is 0. The number of hydrogen-bond acceptors (Lipinski definition) is 3. The highest BCUT2D eigenvalue weighted by Gasteiger charge is 2.36. The molecule has 1 aliphatic carbocycles. The smallest absolute Gasteiger partial charge is 0.236 e. The number of rotatable bonds is 4. The van der Waals surface area contributed by atoms with E-state index >= 15 is 0 Å². The third kappa shape index (κ3) is 2.43. The van der Waals surface area contributed by atoms with Gasteiger partial charge in [0.05, 0.1) is 5.69 Å². The predicted octanol–water partition coefficient (Wildman–Crippen LogP) is 1.82. The molecule has 0 aromatic heterocycles. The molecule has 0 radical (unpaired) electrons. The second-order valence-electron chi connectivity index (χ2n) is 4.53. The minimum atomic E-state index is -0.159. The van der Waals surface area contributed by atoms with Gasteiger partial charge in [-0.2, -0.15) is 0 Å². The number of carbonyl (C=O) groups excluding carboxylic acids is 2. The van der Waals surface area contributed by atoms with E-state index in [4.69, 9.17) is 5.73 Å². The molecule has 0 saturated heterocycles. The first kappa shape index (κ1) is 12.8. The van der Waals surface area contributed by atoms with E-state index in [1.54, 1.807) is 13.0 Å². The van der Waals surface area contributed by atoms with Gasteiger partial charge in [-0.3, -0.25) is 14.5 Å². The first-order chi connectivity index (χ1) is 8.69. The zero-order valence-corrected chi connectivity index (χ0v) is 10.6. The molecule has 0 bridgehead atoms. The van der Waals surface area contributed by atoms with Crippen LogP contribution in [-0.4, -0.2) is 11.8 Å². The molecule has 1 aromatic carbocycles. The number of carbonyl (C=O) groups is 2. The lowest BCUT2D eigenvalue weighted by Gasteiger charge is -2.22. The van der Waals surface area contributed by atoms with Crippen LogP contribution in [-0.2, 0) is 16.1 Å². The highest BCUT2D eigenvalue weighted by atomic mass is 16.2. The fraction of sp³-hybridized carbons (Fsp3) is 0.429. The van der Waals surface area contributed by atoms with Crippen LogP contribution < -0.4 is 10.6 Å². The van der Waals surface area contributed by atoms with Gasteiger partial charge >= 0.3 is 0 Å². The van der Waals surface area contributed by atoms with Gasteiger partial charge in [0.25, 0.3) is 0 Å². The Morgan fingerprint density at radius 1 is 1.33 bits per heavy atom.